The number of thioether (sulfide) groups is 1. The van der Waals surface area contributed by atoms with E-state index in [4.69, 9.17) is 4.74 Å². The third-order valence-electron chi connectivity index (χ3n) is 8.32. The SMILES string of the molecule is CO[C@@]1(NC(=O)Cc2ccccc2)C(=O)N(C(C)(C)C)[C@@]1(SC(c1ccccc1)(c1ccccc1)c1ccccc1)[Si](C)C. The molecule has 0 aliphatic carbocycles. The van der Waals surface area contributed by atoms with E-state index in [1.54, 1.807) is 18.9 Å². The van der Waals surface area contributed by atoms with Crippen molar-refractivity contribution in [2.24, 2.45) is 0 Å². The Bertz CT molecular complexity index is 1480. The Hall–Kier alpha value is -3.65. The van der Waals surface area contributed by atoms with Crippen LogP contribution in [0.25, 0.3) is 0 Å². The molecule has 0 spiro atoms. The second-order valence-electron chi connectivity index (χ2n) is 12.4. The van der Waals surface area contributed by atoms with E-state index < -0.39 is 29.3 Å². The molecule has 0 saturated carbocycles. The summed E-state index contributed by atoms with van der Waals surface area (Å²) in [4.78, 5) is 30.3. The molecule has 2 amide bonds. The molecule has 1 saturated heterocycles. The minimum atomic E-state index is -1.57. The van der Waals surface area contributed by atoms with Gasteiger partial charge in [0.1, 0.15) is 4.49 Å². The number of nitrogens with zero attached hydrogens (tertiary/aromatic N) is 1. The number of methoxy groups -OCH3 is 1. The van der Waals surface area contributed by atoms with Gasteiger partial charge in [0.25, 0.3) is 11.6 Å². The van der Waals surface area contributed by atoms with Gasteiger partial charge >= 0.3 is 0 Å². The molecular formula is C37H41N2O3SSi. The van der Waals surface area contributed by atoms with E-state index in [0.717, 1.165) is 22.3 Å². The lowest BCUT2D eigenvalue weighted by Crippen LogP contribution is -2.93. The van der Waals surface area contributed by atoms with Crippen LogP contribution < -0.4 is 5.32 Å². The predicted octanol–water partition coefficient (Wildman–Crippen LogP) is 7.04. The van der Waals surface area contributed by atoms with Gasteiger partial charge in [-0.25, -0.2) is 0 Å². The summed E-state index contributed by atoms with van der Waals surface area (Å²) >= 11 is 1.72. The summed E-state index contributed by atoms with van der Waals surface area (Å²) in [5.41, 5.74) is 2.00. The maximum Gasteiger partial charge on any atom is 0.280 e. The molecule has 1 N–H and O–H groups in total. The van der Waals surface area contributed by atoms with Crippen LogP contribution in [0.15, 0.2) is 121 Å². The molecule has 1 aliphatic rings. The minimum absolute atomic E-state index is 0.145. The first-order valence-corrected chi connectivity index (χ1v) is 18.3. The second-order valence-corrected chi connectivity index (χ2v) is 16.9. The van der Waals surface area contributed by atoms with Gasteiger partial charge in [-0.05, 0) is 43.0 Å². The average molecular weight is 622 g/mol. The van der Waals surface area contributed by atoms with E-state index in [2.05, 4.69) is 112 Å². The zero-order valence-electron chi connectivity index (χ0n) is 26.3. The maximum atomic E-state index is 14.6. The van der Waals surface area contributed by atoms with Gasteiger partial charge < -0.3 is 15.0 Å². The normalized spacial score (nSPS) is 20.3. The van der Waals surface area contributed by atoms with Crippen LogP contribution in [0.1, 0.15) is 43.0 Å². The number of ether oxygens (including phenoxy) is 1. The highest BCUT2D eigenvalue weighted by molar-refractivity contribution is 8.03. The molecule has 0 unspecified atom stereocenters. The van der Waals surface area contributed by atoms with Crippen molar-refractivity contribution < 1.29 is 14.3 Å². The van der Waals surface area contributed by atoms with E-state index >= 15 is 0 Å². The van der Waals surface area contributed by atoms with Crippen LogP contribution in [0.4, 0.5) is 0 Å². The number of carbonyl (C=O) groups is 2. The summed E-state index contributed by atoms with van der Waals surface area (Å²) in [5, 5.41) is 3.18. The van der Waals surface area contributed by atoms with Crippen LogP contribution in [0.3, 0.4) is 0 Å². The lowest BCUT2D eigenvalue weighted by molar-refractivity contribution is -0.214. The Balaban J connectivity index is 1.78. The van der Waals surface area contributed by atoms with Crippen LogP contribution in [0.2, 0.25) is 13.1 Å². The summed E-state index contributed by atoms with van der Waals surface area (Å²) < 4.78 is 4.66. The Morgan fingerprint density at radius 1 is 0.773 bits per heavy atom. The van der Waals surface area contributed by atoms with Gasteiger partial charge in [0, 0.05) is 12.6 Å². The Morgan fingerprint density at radius 3 is 1.55 bits per heavy atom. The summed E-state index contributed by atoms with van der Waals surface area (Å²) in [6, 6.07) is 41.0. The van der Waals surface area contributed by atoms with E-state index in [1.165, 1.54) is 0 Å². The van der Waals surface area contributed by atoms with Gasteiger partial charge in [0.05, 0.1) is 20.0 Å². The molecule has 227 valence electrons. The number of likely N-dealkylation sites (tertiary alicyclic amines) is 1. The van der Waals surface area contributed by atoms with Crippen molar-refractivity contribution in [3.8, 4) is 0 Å². The van der Waals surface area contributed by atoms with Crippen molar-refractivity contribution in [1.82, 2.24) is 10.2 Å². The largest absolute Gasteiger partial charge is 0.348 e. The fourth-order valence-electron chi connectivity index (χ4n) is 6.48. The molecule has 1 radical (unpaired) electrons. The van der Waals surface area contributed by atoms with Gasteiger partial charge in [-0.15, -0.1) is 11.8 Å². The number of hydrogen-bond donors (Lipinski definition) is 1. The number of carbonyl (C=O) groups excluding carboxylic acids is 2. The zero-order chi connectivity index (χ0) is 31.6. The fourth-order valence-corrected chi connectivity index (χ4v) is 11.6. The smallest absolute Gasteiger partial charge is 0.280 e. The van der Waals surface area contributed by atoms with Crippen LogP contribution >= 0.6 is 11.8 Å². The quantitative estimate of drug-likeness (QED) is 0.0893. The number of benzene rings is 4. The predicted molar refractivity (Wildman–Crippen MR) is 182 cm³/mol. The molecule has 0 bridgehead atoms. The van der Waals surface area contributed by atoms with Crippen molar-refractivity contribution in [3.63, 3.8) is 0 Å². The van der Waals surface area contributed by atoms with E-state index in [9.17, 15) is 9.59 Å². The number of rotatable bonds is 10. The van der Waals surface area contributed by atoms with Gasteiger partial charge in [0.2, 0.25) is 5.91 Å². The summed E-state index contributed by atoms with van der Waals surface area (Å²) in [6.07, 6.45) is 0.145. The molecule has 4 aromatic carbocycles. The minimum Gasteiger partial charge on any atom is -0.348 e. The Labute approximate surface area is 267 Å². The molecular weight excluding hydrogens is 581 g/mol. The van der Waals surface area contributed by atoms with Gasteiger partial charge in [0.15, 0.2) is 0 Å². The van der Waals surface area contributed by atoms with Crippen LogP contribution in [0, 0.1) is 0 Å². The van der Waals surface area contributed by atoms with Crippen LogP contribution in [-0.2, 0) is 25.5 Å². The van der Waals surface area contributed by atoms with Crippen LogP contribution in [-0.4, -0.2) is 48.4 Å². The van der Waals surface area contributed by atoms with Crippen LogP contribution in [0.5, 0.6) is 0 Å². The van der Waals surface area contributed by atoms with Crippen molar-refractivity contribution in [2.75, 3.05) is 7.11 Å². The first kappa shape index (κ1) is 31.8. The topological polar surface area (TPSA) is 58.6 Å². The number of hydrogen-bond acceptors (Lipinski definition) is 4. The molecule has 0 aromatic heterocycles. The van der Waals surface area contributed by atoms with Gasteiger partial charge in [-0.1, -0.05) is 134 Å². The molecule has 1 aliphatic heterocycles. The molecule has 5 rings (SSSR count). The lowest BCUT2D eigenvalue weighted by atomic mass is 9.84. The number of amides is 2. The Morgan fingerprint density at radius 2 is 1.18 bits per heavy atom. The molecule has 7 heteroatoms. The Kier molecular flexibility index (Phi) is 8.94. The summed E-state index contributed by atoms with van der Waals surface area (Å²) in [6.45, 7) is 10.6. The number of nitrogens with one attached hydrogen (secondary N) is 1. The van der Waals surface area contributed by atoms with Crippen molar-refractivity contribution in [3.05, 3.63) is 144 Å². The molecule has 1 heterocycles. The third-order valence-corrected chi connectivity index (χ3v) is 13.6. The highest BCUT2D eigenvalue weighted by atomic mass is 32.2. The van der Waals surface area contributed by atoms with Gasteiger partial charge in [-0.3, -0.25) is 9.59 Å². The molecule has 1 fully saturated rings. The zero-order valence-corrected chi connectivity index (χ0v) is 28.2. The highest BCUT2D eigenvalue weighted by Crippen LogP contribution is 2.63. The average Bonchev–Trinajstić information content (AvgIpc) is 3.02. The summed E-state index contributed by atoms with van der Waals surface area (Å²) in [5.74, 6) is -0.478. The monoisotopic (exact) mass is 621 g/mol. The van der Waals surface area contributed by atoms with Gasteiger partial charge in [-0.2, -0.15) is 0 Å². The first-order chi connectivity index (χ1) is 21.0. The fraction of sp³-hybridized carbons (Fsp3) is 0.297. The lowest BCUT2D eigenvalue weighted by Gasteiger charge is -2.69. The second kappa shape index (κ2) is 12.4. The van der Waals surface area contributed by atoms with Crippen molar-refractivity contribution in [2.45, 2.75) is 60.8 Å². The highest BCUT2D eigenvalue weighted by Gasteiger charge is 2.78. The molecule has 4 aromatic rings. The maximum absolute atomic E-state index is 14.6. The first-order valence-electron chi connectivity index (χ1n) is 14.9. The van der Waals surface area contributed by atoms with E-state index in [1.807, 2.05) is 53.4 Å². The van der Waals surface area contributed by atoms with E-state index in [0.29, 0.717) is 0 Å². The van der Waals surface area contributed by atoms with E-state index in [-0.39, 0.29) is 18.2 Å². The molecule has 5 nitrogen and oxygen atoms in total. The number of β-lactam (4-membered cyclic amide) rings is 1. The molecule has 44 heavy (non-hydrogen) atoms. The van der Waals surface area contributed by atoms with Crippen molar-refractivity contribution >= 4 is 32.4 Å². The standard InChI is InChI=1S/C37H41N2O3SSi/c1-34(2,3)39-33(41)36(42-4,38-32(40)27-28-19-11-7-12-20-28)37(39,44(5)6)43-35(29-21-13-8-14-22-29,30-23-15-9-16-24-30)31-25-17-10-18-26-31/h7-26H,27H2,1-6H3,(H,38,40)/t36-,37-/m0/s1. The van der Waals surface area contributed by atoms with Crippen molar-refractivity contribution in [1.29, 1.82) is 0 Å². The summed E-state index contributed by atoms with van der Waals surface area (Å²) in [7, 11) is 0.0924. The third kappa shape index (κ3) is 5.21. The molecule has 2 atom stereocenters.